The van der Waals surface area contributed by atoms with Crippen LogP contribution in [0.1, 0.15) is 30.8 Å². The number of hydrogen-bond donors (Lipinski definition) is 1. The van der Waals surface area contributed by atoms with Gasteiger partial charge in [-0.3, -0.25) is 0 Å². The third-order valence-corrected chi connectivity index (χ3v) is 3.31. The van der Waals surface area contributed by atoms with Gasteiger partial charge in [-0.05, 0) is 36.8 Å². The van der Waals surface area contributed by atoms with Crippen molar-refractivity contribution in [3.05, 3.63) is 46.1 Å². The van der Waals surface area contributed by atoms with Crippen LogP contribution in [-0.2, 0) is 6.18 Å². The predicted molar refractivity (Wildman–Crippen MR) is 72.1 cm³/mol. The number of halogens is 4. The van der Waals surface area contributed by atoms with Crippen LogP contribution < -0.4 is 0 Å². The predicted octanol–water partition coefficient (Wildman–Crippen LogP) is 5.17. The molecule has 0 radical (unpaired) electrons. The van der Waals surface area contributed by atoms with Crippen molar-refractivity contribution in [1.82, 2.24) is 0 Å². The highest BCUT2D eigenvalue weighted by Crippen LogP contribution is 2.35. The number of hydrogen-bond acceptors (Lipinski definition) is 2. The average Bonchev–Trinajstić information content (AvgIpc) is 2.85. The molecule has 0 aliphatic rings. The first-order chi connectivity index (χ1) is 9.31. The number of aliphatic hydroxyl groups is 1. The Bertz CT molecular complexity index is 605. The average molecular weight is 349 g/mol. The van der Waals surface area contributed by atoms with Gasteiger partial charge in [0.15, 0.2) is 0 Å². The van der Waals surface area contributed by atoms with Crippen molar-refractivity contribution < 1.29 is 22.7 Å². The Kier molecular flexibility index (Phi) is 4.25. The molecule has 0 aliphatic carbocycles. The Balaban J connectivity index is 2.42. The second-order valence-corrected chi connectivity index (χ2v) is 5.27. The first kappa shape index (κ1) is 15.1. The Morgan fingerprint density at radius 1 is 1.25 bits per heavy atom. The highest BCUT2D eigenvalue weighted by atomic mass is 79.9. The summed E-state index contributed by atoms with van der Waals surface area (Å²) in [6.07, 6.45) is -4.70. The lowest BCUT2D eigenvalue weighted by molar-refractivity contribution is -0.137. The number of benzene rings is 1. The molecule has 0 spiro atoms. The number of rotatable bonds is 3. The minimum absolute atomic E-state index is 0.291. The van der Waals surface area contributed by atoms with Crippen LogP contribution in [0.25, 0.3) is 11.3 Å². The Hall–Kier alpha value is -1.27. The number of furan rings is 1. The standard InChI is InChI=1S/C14H12BrF3O2/c1-2-11(19)13-4-3-12(20-13)8-5-9(14(16,17)18)7-10(15)6-8/h3-7,11,19H,2H2,1H3. The lowest BCUT2D eigenvalue weighted by Crippen LogP contribution is -2.04. The van der Waals surface area contributed by atoms with Gasteiger partial charge in [-0.25, -0.2) is 0 Å². The van der Waals surface area contributed by atoms with Crippen molar-refractivity contribution >= 4 is 15.9 Å². The maximum atomic E-state index is 12.8. The monoisotopic (exact) mass is 348 g/mol. The van der Waals surface area contributed by atoms with E-state index in [1.165, 1.54) is 6.07 Å². The quantitative estimate of drug-likeness (QED) is 0.829. The molecule has 0 fully saturated rings. The van der Waals surface area contributed by atoms with Crippen LogP contribution in [-0.4, -0.2) is 5.11 Å². The molecule has 1 aromatic heterocycles. The molecule has 1 atom stereocenters. The second kappa shape index (κ2) is 5.61. The maximum absolute atomic E-state index is 12.8. The molecule has 0 amide bonds. The Morgan fingerprint density at radius 2 is 1.95 bits per heavy atom. The molecule has 1 unspecified atom stereocenters. The molecule has 0 bridgehead atoms. The van der Waals surface area contributed by atoms with E-state index in [1.54, 1.807) is 19.1 Å². The number of aliphatic hydroxyl groups excluding tert-OH is 1. The van der Waals surface area contributed by atoms with E-state index >= 15 is 0 Å². The largest absolute Gasteiger partial charge is 0.458 e. The molecular formula is C14H12BrF3O2. The van der Waals surface area contributed by atoms with Crippen LogP contribution in [0.4, 0.5) is 13.2 Å². The molecule has 0 saturated heterocycles. The van der Waals surface area contributed by atoms with Crippen LogP contribution in [0.15, 0.2) is 39.2 Å². The summed E-state index contributed by atoms with van der Waals surface area (Å²) >= 11 is 3.06. The van der Waals surface area contributed by atoms with Crippen molar-refractivity contribution in [1.29, 1.82) is 0 Å². The Morgan fingerprint density at radius 3 is 2.55 bits per heavy atom. The molecule has 1 heterocycles. The molecule has 2 aromatic rings. The molecule has 20 heavy (non-hydrogen) atoms. The van der Waals surface area contributed by atoms with Gasteiger partial charge in [-0.15, -0.1) is 0 Å². The first-order valence-corrected chi connectivity index (χ1v) is 6.76. The highest BCUT2D eigenvalue weighted by Gasteiger charge is 2.31. The van der Waals surface area contributed by atoms with E-state index in [0.717, 1.165) is 12.1 Å². The van der Waals surface area contributed by atoms with Crippen LogP contribution in [0.3, 0.4) is 0 Å². The van der Waals surface area contributed by atoms with E-state index in [0.29, 0.717) is 28.0 Å². The zero-order chi connectivity index (χ0) is 14.9. The van der Waals surface area contributed by atoms with Crippen molar-refractivity contribution in [3.63, 3.8) is 0 Å². The van der Waals surface area contributed by atoms with Gasteiger partial charge >= 0.3 is 6.18 Å². The zero-order valence-corrected chi connectivity index (χ0v) is 12.1. The van der Waals surface area contributed by atoms with E-state index in [1.807, 2.05) is 0 Å². The molecule has 0 saturated carbocycles. The molecule has 0 aliphatic heterocycles. The van der Waals surface area contributed by atoms with Crippen LogP contribution >= 0.6 is 15.9 Å². The van der Waals surface area contributed by atoms with Crippen molar-refractivity contribution in [2.75, 3.05) is 0 Å². The van der Waals surface area contributed by atoms with E-state index in [9.17, 15) is 18.3 Å². The SMILES string of the molecule is CCC(O)c1ccc(-c2cc(Br)cc(C(F)(F)F)c2)o1. The molecule has 2 rings (SSSR count). The van der Waals surface area contributed by atoms with Gasteiger partial charge in [0, 0.05) is 10.0 Å². The summed E-state index contributed by atoms with van der Waals surface area (Å²) in [5.41, 5.74) is -0.447. The van der Waals surface area contributed by atoms with Gasteiger partial charge in [0.05, 0.1) is 5.56 Å². The second-order valence-electron chi connectivity index (χ2n) is 4.35. The molecule has 6 heteroatoms. The van der Waals surface area contributed by atoms with Crippen molar-refractivity contribution in [2.24, 2.45) is 0 Å². The fourth-order valence-corrected chi connectivity index (χ4v) is 2.28. The maximum Gasteiger partial charge on any atom is 0.416 e. The van der Waals surface area contributed by atoms with Gasteiger partial charge in [-0.1, -0.05) is 22.9 Å². The fourth-order valence-electron chi connectivity index (χ4n) is 1.78. The van der Waals surface area contributed by atoms with E-state index < -0.39 is 17.8 Å². The highest BCUT2D eigenvalue weighted by molar-refractivity contribution is 9.10. The summed E-state index contributed by atoms with van der Waals surface area (Å²) in [4.78, 5) is 0. The first-order valence-electron chi connectivity index (χ1n) is 5.97. The molecule has 108 valence electrons. The van der Waals surface area contributed by atoms with Gasteiger partial charge in [0.1, 0.15) is 17.6 Å². The zero-order valence-electron chi connectivity index (χ0n) is 10.5. The molecule has 1 aromatic carbocycles. The summed E-state index contributed by atoms with van der Waals surface area (Å²) in [6.45, 7) is 1.79. The van der Waals surface area contributed by atoms with E-state index in [2.05, 4.69) is 15.9 Å². The van der Waals surface area contributed by atoms with Gasteiger partial charge in [-0.2, -0.15) is 13.2 Å². The molecule has 1 N–H and O–H groups in total. The van der Waals surface area contributed by atoms with E-state index in [4.69, 9.17) is 4.42 Å². The summed E-state index contributed by atoms with van der Waals surface area (Å²) in [5.74, 6) is 0.635. The van der Waals surface area contributed by atoms with Crippen molar-refractivity contribution in [2.45, 2.75) is 25.6 Å². The third-order valence-electron chi connectivity index (χ3n) is 2.85. The normalized spacial score (nSPS) is 13.5. The molecule has 2 nitrogen and oxygen atoms in total. The molecular weight excluding hydrogens is 337 g/mol. The van der Waals surface area contributed by atoms with Gasteiger partial charge in [0.2, 0.25) is 0 Å². The summed E-state index contributed by atoms with van der Waals surface area (Å²) in [7, 11) is 0. The van der Waals surface area contributed by atoms with Gasteiger partial charge < -0.3 is 9.52 Å². The van der Waals surface area contributed by atoms with Crippen LogP contribution in [0, 0.1) is 0 Å². The minimum atomic E-state index is -4.42. The summed E-state index contributed by atoms with van der Waals surface area (Å²) in [6, 6.07) is 6.68. The summed E-state index contributed by atoms with van der Waals surface area (Å²) in [5, 5.41) is 9.64. The van der Waals surface area contributed by atoms with Crippen LogP contribution in [0.2, 0.25) is 0 Å². The third kappa shape index (κ3) is 3.24. The lowest BCUT2D eigenvalue weighted by atomic mass is 10.1. The fraction of sp³-hybridized carbons (Fsp3) is 0.286. The minimum Gasteiger partial charge on any atom is -0.458 e. The lowest BCUT2D eigenvalue weighted by Gasteiger charge is -2.09. The topological polar surface area (TPSA) is 33.4 Å². The smallest absolute Gasteiger partial charge is 0.416 e. The van der Waals surface area contributed by atoms with Crippen LogP contribution in [0.5, 0.6) is 0 Å². The van der Waals surface area contributed by atoms with Gasteiger partial charge in [0.25, 0.3) is 0 Å². The van der Waals surface area contributed by atoms with Crippen molar-refractivity contribution in [3.8, 4) is 11.3 Å². The summed E-state index contributed by atoms with van der Waals surface area (Å²) < 4.78 is 44.0. The number of alkyl halides is 3. The Labute approximate surface area is 122 Å². The van der Waals surface area contributed by atoms with E-state index in [-0.39, 0.29) is 0 Å².